The summed E-state index contributed by atoms with van der Waals surface area (Å²) >= 11 is 6.43. The summed E-state index contributed by atoms with van der Waals surface area (Å²) in [5, 5.41) is 0.766. The van der Waals surface area contributed by atoms with Gasteiger partial charge in [0.1, 0.15) is 0 Å². The summed E-state index contributed by atoms with van der Waals surface area (Å²) in [5.74, 6) is 1.56. The molecule has 0 radical (unpaired) electrons. The molecule has 1 unspecified atom stereocenters. The Morgan fingerprint density at radius 3 is 2.67 bits per heavy atom. The summed E-state index contributed by atoms with van der Waals surface area (Å²) in [6.45, 7) is 5.58. The molecule has 0 amide bonds. The van der Waals surface area contributed by atoms with Crippen LogP contribution in [-0.2, 0) is 6.54 Å². The summed E-state index contributed by atoms with van der Waals surface area (Å²) < 4.78 is 10.9. The second-order valence-electron chi connectivity index (χ2n) is 7.11. The largest absolute Gasteiger partial charge is 0.454 e. The van der Waals surface area contributed by atoms with Gasteiger partial charge in [0.15, 0.2) is 11.5 Å². The number of hydrogen-bond donors (Lipinski definition) is 0. The Labute approximate surface area is 150 Å². The second-order valence-corrected chi connectivity index (χ2v) is 7.52. The van der Waals surface area contributed by atoms with Crippen molar-refractivity contribution in [1.29, 1.82) is 0 Å². The maximum atomic E-state index is 6.43. The van der Waals surface area contributed by atoms with Crippen LogP contribution in [0.3, 0.4) is 0 Å². The molecule has 134 valence electrons. The number of likely N-dealkylation sites (tertiary alicyclic amines) is 1. The van der Waals surface area contributed by atoms with E-state index in [0.717, 1.165) is 54.8 Å². The third-order valence-corrected chi connectivity index (χ3v) is 5.29. The SMILES string of the molecule is CN(C)CCN(C)C1CCCN(Cc2cc3c(cc2Cl)OCO3)C1. The van der Waals surface area contributed by atoms with E-state index in [1.807, 2.05) is 12.1 Å². The molecule has 0 spiro atoms. The van der Waals surface area contributed by atoms with Crippen LogP contribution in [0.15, 0.2) is 12.1 Å². The van der Waals surface area contributed by atoms with Gasteiger partial charge in [-0.05, 0) is 52.2 Å². The van der Waals surface area contributed by atoms with Gasteiger partial charge in [-0.1, -0.05) is 11.6 Å². The number of hydrogen-bond acceptors (Lipinski definition) is 5. The lowest BCUT2D eigenvalue weighted by Gasteiger charge is -2.38. The lowest BCUT2D eigenvalue weighted by molar-refractivity contribution is 0.106. The fourth-order valence-corrected chi connectivity index (χ4v) is 3.61. The highest BCUT2D eigenvalue weighted by atomic mass is 35.5. The minimum atomic E-state index is 0.289. The van der Waals surface area contributed by atoms with Gasteiger partial charge in [-0.3, -0.25) is 4.90 Å². The number of benzene rings is 1. The average molecular weight is 354 g/mol. The molecule has 0 N–H and O–H groups in total. The van der Waals surface area contributed by atoms with E-state index in [0.29, 0.717) is 6.04 Å². The van der Waals surface area contributed by atoms with Crippen molar-refractivity contribution < 1.29 is 9.47 Å². The van der Waals surface area contributed by atoms with Crippen LogP contribution in [0.1, 0.15) is 18.4 Å². The highest BCUT2D eigenvalue weighted by molar-refractivity contribution is 6.31. The number of rotatable bonds is 6. The normalized spacial score (nSPS) is 21.0. The van der Waals surface area contributed by atoms with Crippen molar-refractivity contribution in [3.8, 4) is 11.5 Å². The summed E-state index contributed by atoms with van der Waals surface area (Å²) in [7, 11) is 6.50. The molecule has 2 heterocycles. The van der Waals surface area contributed by atoms with Crippen LogP contribution in [-0.4, -0.2) is 74.9 Å². The minimum Gasteiger partial charge on any atom is -0.454 e. The highest BCUT2D eigenvalue weighted by Gasteiger charge is 2.24. The van der Waals surface area contributed by atoms with Crippen molar-refractivity contribution in [1.82, 2.24) is 14.7 Å². The Morgan fingerprint density at radius 2 is 1.92 bits per heavy atom. The molecule has 6 heteroatoms. The molecular formula is C18H28ClN3O2. The average Bonchev–Trinajstić information content (AvgIpc) is 3.00. The number of fused-ring (bicyclic) bond motifs is 1. The summed E-state index contributed by atoms with van der Waals surface area (Å²) in [5.41, 5.74) is 1.12. The highest BCUT2D eigenvalue weighted by Crippen LogP contribution is 2.37. The van der Waals surface area contributed by atoms with Crippen LogP contribution < -0.4 is 9.47 Å². The summed E-state index contributed by atoms with van der Waals surface area (Å²) in [4.78, 5) is 7.24. The smallest absolute Gasteiger partial charge is 0.231 e. The van der Waals surface area contributed by atoms with Crippen molar-refractivity contribution in [2.24, 2.45) is 0 Å². The van der Waals surface area contributed by atoms with Gasteiger partial charge in [-0.2, -0.15) is 0 Å². The van der Waals surface area contributed by atoms with E-state index in [2.05, 4.69) is 35.8 Å². The predicted molar refractivity (Wildman–Crippen MR) is 97.1 cm³/mol. The van der Waals surface area contributed by atoms with Gasteiger partial charge < -0.3 is 19.3 Å². The first-order valence-corrected chi connectivity index (χ1v) is 9.06. The third-order valence-electron chi connectivity index (χ3n) is 4.94. The fraction of sp³-hybridized carbons (Fsp3) is 0.667. The van der Waals surface area contributed by atoms with Crippen LogP contribution >= 0.6 is 11.6 Å². The molecule has 2 aliphatic rings. The van der Waals surface area contributed by atoms with E-state index in [-0.39, 0.29) is 6.79 Å². The predicted octanol–water partition coefficient (Wildman–Crippen LogP) is 2.53. The van der Waals surface area contributed by atoms with Crippen LogP contribution in [0.5, 0.6) is 11.5 Å². The van der Waals surface area contributed by atoms with Crippen molar-refractivity contribution in [3.63, 3.8) is 0 Å². The summed E-state index contributed by atoms with van der Waals surface area (Å²) in [6, 6.07) is 4.53. The Hall–Kier alpha value is -1.01. The zero-order chi connectivity index (χ0) is 17.1. The van der Waals surface area contributed by atoms with E-state index in [1.54, 1.807) is 0 Å². The van der Waals surface area contributed by atoms with Crippen LogP contribution in [0.25, 0.3) is 0 Å². The number of likely N-dealkylation sites (N-methyl/N-ethyl adjacent to an activating group) is 2. The zero-order valence-corrected chi connectivity index (χ0v) is 15.7. The molecule has 0 aromatic heterocycles. The van der Waals surface area contributed by atoms with Crippen LogP contribution in [0.4, 0.5) is 0 Å². The maximum Gasteiger partial charge on any atom is 0.231 e. The van der Waals surface area contributed by atoms with Gasteiger partial charge in [0.2, 0.25) is 6.79 Å². The zero-order valence-electron chi connectivity index (χ0n) is 14.9. The van der Waals surface area contributed by atoms with Gasteiger partial charge >= 0.3 is 0 Å². The lowest BCUT2D eigenvalue weighted by Crippen LogP contribution is -2.47. The fourth-order valence-electron chi connectivity index (χ4n) is 3.40. The van der Waals surface area contributed by atoms with E-state index in [4.69, 9.17) is 21.1 Å². The molecule has 5 nitrogen and oxygen atoms in total. The number of piperidine rings is 1. The minimum absolute atomic E-state index is 0.289. The lowest BCUT2D eigenvalue weighted by atomic mass is 10.0. The van der Waals surface area contributed by atoms with Crippen LogP contribution in [0.2, 0.25) is 5.02 Å². The van der Waals surface area contributed by atoms with Gasteiger partial charge in [0.25, 0.3) is 0 Å². The Bertz CT molecular complexity index is 567. The molecule has 0 aliphatic carbocycles. The molecule has 1 saturated heterocycles. The monoisotopic (exact) mass is 353 g/mol. The number of halogens is 1. The van der Waals surface area contributed by atoms with E-state index < -0.39 is 0 Å². The van der Waals surface area contributed by atoms with Gasteiger partial charge in [-0.25, -0.2) is 0 Å². The van der Waals surface area contributed by atoms with E-state index >= 15 is 0 Å². The first-order valence-electron chi connectivity index (χ1n) is 8.68. The Kier molecular flexibility index (Phi) is 5.87. The molecule has 3 rings (SSSR count). The number of nitrogens with zero attached hydrogens (tertiary/aromatic N) is 3. The molecule has 1 aromatic rings. The maximum absolute atomic E-state index is 6.43. The topological polar surface area (TPSA) is 28.2 Å². The first-order chi connectivity index (χ1) is 11.5. The van der Waals surface area contributed by atoms with E-state index in [9.17, 15) is 0 Å². The van der Waals surface area contributed by atoms with Crippen molar-refractivity contribution >= 4 is 11.6 Å². The molecular weight excluding hydrogens is 326 g/mol. The molecule has 24 heavy (non-hydrogen) atoms. The van der Waals surface area contributed by atoms with E-state index in [1.165, 1.54) is 12.8 Å². The molecule has 0 saturated carbocycles. The van der Waals surface area contributed by atoms with Gasteiger partial charge in [-0.15, -0.1) is 0 Å². The molecule has 1 atom stereocenters. The second kappa shape index (κ2) is 7.91. The quantitative estimate of drug-likeness (QED) is 0.783. The van der Waals surface area contributed by atoms with Crippen molar-refractivity contribution in [2.75, 3.05) is 54.1 Å². The van der Waals surface area contributed by atoms with Crippen molar-refractivity contribution in [2.45, 2.75) is 25.4 Å². The Balaban J connectivity index is 1.59. The number of ether oxygens (including phenoxy) is 2. The molecule has 1 aromatic carbocycles. The molecule has 1 fully saturated rings. The Morgan fingerprint density at radius 1 is 1.17 bits per heavy atom. The third kappa shape index (κ3) is 4.33. The van der Waals surface area contributed by atoms with Crippen molar-refractivity contribution in [3.05, 3.63) is 22.7 Å². The summed E-state index contributed by atoms with van der Waals surface area (Å²) in [6.07, 6.45) is 2.51. The molecule has 2 aliphatic heterocycles. The standard InChI is InChI=1S/C18H28ClN3O2/c1-20(2)7-8-21(3)15-5-4-6-22(12-15)11-14-9-17-18(10-16(14)19)24-13-23-17/h9-10,15H,4-8,11-13H2,1-3H3. The van der Waals surface area contributed by atoms with Gasteiger partial charge in [0, 0.05) is 43.3 Å². The van der Waals surface area contributed by atoms with Gasteiger partial charge in [0.05, 0.1) is 0 Å². The first kappa shape index (κ1) is 17.8. The molecule has 0 bridgehead atoms. The van der Waals surface area contributed by atoms with Crippen LogP contribution in [0, 0.1) is 0 Å².